The molecule has 13 heteroatoms. The highest BCUT2D eigenvalue weighted by Crippen LogP contribution is 2.34. The SMILES string of the molecule is CC(C)(C)OC(=O)NCC(Nc1cccc(F)c1OC[C@@H]1CN(C(=O)OC(C)(C)C)[C@H](CO)CO1)=C1CCC1.Fc1ccc(Cc2ccc(F)cc2)cc1. The Kier molecular flexibility index (Phi) is 14.8. The van der Waals surface area contributed by atoms with Gasteiger partial charge >= 0.3 is 12.2 Å². The zero-order chi connectivity index (χ0) is 39.5. The van der Waals surface area contributed by atoms with Gasteiger partial charge in [0.25, 0.3) is 0 Å². The quantitative estimate of drug-likeness (QED) is 0.190. The van der Waals surface area contributed by atoms with Gasteiger partial charge in [0.05, 0.1) is 38.0 Å². The summed E-state index contributed by atoms with van der Waals surface area (Å²) in [5.74, 6) is -1.04. The molecule has 0 spiro atoms. The van der Waals surface area contributed by atoms with Crippen molar-refractivity contribution in [2.24, 2.45) is 0 Å². The molecule has 2 aliphatic rings. The van der Waals surface area contributed by atoms with Gasteiger partial charge in [0.15, 0.2) is 11.6 Å². The van der Waals surface area contributed by atoms with Crippen LogP contribution < -0.4 is 15.4 Å². The monoisotopic (exact) mass is 755 g/mol. The van der Waals surface area contributed by atoms with Crippen molar-refractivity contribution >= 4 is 17.9 Å². The van der Waals surface area contributed by atoms with Gasteiger partial charge in [-0.25, -0.2) is 22.8 Å². The van der Waals surface area contributed by atoms with Crippen molar-refractivity contribution in [1.82, 2.24) is 10.2 Å². The van der Waals surface area contributed by atoms with Gasteiger partial charge in [-0.2, -0.15) is 0 Å². The molecule has 1 saturated carbocycles. The number of benzene rings is 3. The average molecular weight is 756 g/mol. The molecule has 3 aromatic rings. The summed E-state index contributed by atoms with van der Waals surface area (Å²) in [5, 5.41) is 15.7. The molecular formula is C41H52F3N3O7. The van der Waals surface area contributed by atoms with Gasteiger partial charge in [-0.1, -0.05) is 30.3 Å². The molecule has 1 aliphatic carbocycles. The number of alkyl carbamates (subject to hydrolysis) is 1. The number of aliphatic hydroxyl groups is 1. The predicted octanol–water partition coefficient (Wildman–Crippen LogP) is 8.13. The molecular weight excluding hydrogens is 703 g/mol. The number of anilines is 1. The largest absolute Gasteiger partial charge is 0.486 e. The van der Waals surface area contributed by atoms with E-state index in [1.807, 2.05) is 0 Å². The van der Waals surface area contributed by atoms with E-state index in [1.165, 1.54) is 35.2 Å². The van der Waals surface area contributed by atoms with E-state index in [4.69, 9.17) is 18.9 Å². The first kappa shape index (κ1) is 42.0. The van der Waals surface area contributed by atoms with Gasteiger partial charge in [0.1, 0.15) is 35.5 Å². The molecule has 3 aromatic carbocycles. The third-order valence-electron chi connectivity index (χ3n) is 8.30. The molecule has 54 heavy (non-hydrogen) atoms. The van der Waals surface area contributed by atoms with Crippen molar-refractivity contribution < 1.29 is 46.8 Å². The highest BCUT2D eigenvalue weighted by molar-refractivity contribution is 5.69. The first-order valence-corrected chi connectivity index (χ1v) is 18.1. The summed E-state index contributed by atoms with van der Waals surface area (Å²) in [5.41, 5.74) is 3.02. The van der Waals surface area contributed by atoms with Crippen LogP contribution in [0.1, 0.15) is 71.9 Å². The molecule has 3 N–H and O–H groups in total. The van der Waals surface area contributed by atoms with Crippen LogP contribution in [-0.4, -0.2) is 78.5 Å². The number of morpholine rings is 1. The van der Waals surface area contributed by atoms with Crippen LogP contribution in [0.25, 0.3) is 0 Å². The van der Waals surface area contributed by atoms with Gasteiger partial charge in [-0.3, -0.25) is 4.90 Å². The predicted molar refractivity (Wildman–Crippen MR) is 200 cm³/mol. The Balaban J connectivity index is 0.000000358. The third-order valence-corrected chi connectivity index (χ3v) is 8.30. The molecule has 294 valence electrons. The first-order valence-electron chi connectivity index (χ1n) is 18.1. The Morgan fingerprint density at radius 1 is 0.870 bits per heavy atom. The van der Waals surface area contributed by atoms with Crippen molar-refractivity contribution in [2.45, 2.75) is 90.6 Å². The first-order chi connectivity index (χ1) is 25.5. The fourth-order valence-corrected chi connectivity index (χ4v) is 5.48. The molecule has 10 nitrogen and oxygen atoms in total. The number of allylic oxidation sites excluding steroid dienone is 1. The number of halogens is 3. The van der Waals surface area contributed by atoms with Crippen molar-refractivity contribution in [3.8, 4) is 5.75 Å². The maximum absolute atomic E-state index is 14.9. The lowest BCUT2D eigenvalue weighted by molar-refractivity contribution is -0.0910. The summed E-state index contributed by atoms with van der Waals surface area (Å²) >= 11 is 0. The number of nitrogens with zero attached hydrogens (tertiary/aromatic N) is 1. The minimum absolute atomic E-state index is 0.00360. The fraction of sp³-hybridized carbons (Fsp3) is 0.463. The highest BCUT2D eigenvalue weighted by Gasteiger charge is 2.35. The van der Waals surface area contributed by atoms with E-state index in [2.05, 4.69) is 10.6 Å². The van der Waals surface area contributed by atoms with Crippen LogP contribution in [0.3, 0.4) is 0 Å². The zero-order valence-electron chi connectivity index (χ0n) is 31.8. The molecule has 0 unspecified atom stereocenters. The van der Waals surface area contributed by atoms with Gasteiger partial charge in [-0.15, -0.1) is 0 Å². The summed E-state index contributed by atoms with van der Waals surface area (Å²) in [4.78, 5) is 26.3. The summed E-state index contributed by atoms with van der Waals surface area (Å²) < 4.78 is 62.7. The third kappa shape index (κ3) is 13.6. The Labute approximate surface area is 315 Å². The molecule has 2 amide bonds. The van der Waals surface area contributed by atoms with Crippen LogP contribution in [-0.2, 0) is 20.6 Å². The van der Waals surface area contributed by atoms with E-state index in [0.29, 0.717) is 12.1 Å². The fourth-order valence-electron chi connectivity index (χ4n) is 5.48. The van der Waals surface area contributed by atoms with Crippen molar-refractivity contribution in [3.05, 3.63) is 107 Å². The second-order valence-corrected chi connectivity index (χ2v) is 15.2. The second kappa shape index (κ2) is 19.0. The minimum Gasteiger partial charge on any atom is -0.486 e. The number of carbonyl (C=O) groups is 2. The van der Waals surface area contributed by atoms with Crippen LogP contribution in [0.2, 0.25) is 0 Å². The number of ether oxygens (including phenoxy) is 4. The summed E-state index contributed by atoms with van der Waals surface area (Å²) in [6, 6.07) is 16.7. The van der Waals surface area contributed by atoms with Crippen molar-refractivity contribution in [2.75, 3.05) is 38.2 Å². The van der Waals surface area contributed by atoms with E-state index < -0.39 is 41.4 Å². The molecule has 0 aromatic heterocycles. The molecule has 5 rings (SSSR count). The van der Waals surface area contributed by atoms with Gasteiger partial charge in [-0.05, 0) is 120 Å². The van der Waals surface area contributed by atoms with Crippen LogP contribution in [0.15, 0.2) is 78.0 Å². The van der Waals surface area contributed by atoms with E-state index >= 15 is 0 Å². The molecule has 1 heterocycles. The number of rotatable bonds is 10. The molecule has 0 bridgehead atoms. The van der Waals surface area contributed by atoms with Crippen molar-refractivity contribution in [1.29, 1.82) is 0 Å². The Morgan fingerprint density at radius 3 is 1.98 bits per heavy atom. The van der Waals surface area contributed by atoms with E-state index in [-0.39, 0.29) is 50.3 Å². The minimum atomic E-state index is -0.694. The van der Waals surface area contributed by atoms with Crippen LogP contribution in [0, 0.1) is 17.5 Å². The summed E-state index contributed by atoms with van der Waals surface area (Å²) in [6.07, 6.45) is 1.84. The Morgan fingerprint density at radius 2 is 1.46 bits per heavy atom. The molecule has 1 saturated heterocycles. The van der Waals surface area contributed by atoms with Crippen LogP contribution in [0.5, 0.6) is 5.75 Å². The molecule has 0 radical (unpaired) electrons. The number of nitrogens with one attached hydrogen (secondary N) is 2. The standard InChI is InChI=1S/C28H42FN3O7.C13H10F2/c1-27(2,3)38-25(34)30-13-23(18-9-7-10-18)31-22-12-8-11-21(29)24(22)37-17-20-14-32(19(15-33)16-36-20)26(35)39-28(4,5)6;14-12-5-1-10(2-6-12)9-11-3-7-13(15)8-4-11/h8,11-12,19-20,31,33H,7,9-10,13-17H2,1-6H3,(H,30,34);1-8H,9H2/t19-,20+;/m1./s1. The summed E-state index contributed by atoms with van der Waals surface area (Å²) in [6.45, 7) is 10.8. The Bertz CT molecular complexity index is 1670. The smallest absolute Gasteiger partial charge is 0.410 e. The number of hydrogen-bond acceptors (Lipinski definition) is 8. The molecule has 2 atom stereocenters. The van der Waals surface area contributed by atoms with E-state index in [9.17, 15) is 27.9 Å². The number of para-hydroxylation sites is 1. The number of hydrogen-bond donors (Lipinski definition) is 3. The Hall–Kier alpha value is -4.75. The second-order valence-electron chi connectivity index (χ2n) is 15.2. The molecule has 2 fully saturated rings. The average Bonchev–Trinajstić information content (AvgIpc) is 3.07. The number of aliphatic hydroxyl groups excluding tert-OH is 1. The lowest BCUT2D eigenvalue weighted by Crippen LogP contribution is -2.56. The topological polar surface area (TPSA) is 119 Å². The van der Waals surface area contributed by atoms with Gasteiger partial charge in [0, 0.05) is 5.70 Å². The normalized spacial score (nSPS) is 17.0. The van der Waals surface area contributed by atoms with Gasteiger partial charge in [0.2, 0.25) is 0 Å². The maximum Gasteiger partial charge on any atom is 0.410 e. The van der Waals surface area contributed by atoms with Crippen molar-refractivity contribution in [3.63, 3.8) is 0 Å². The van der Waals surface area contributed by atoms with E-state index in [0.717, 1.165) is 41.7 Å². The van der Waals surface area contributed by atoms with Crippen LogP contribution in [0.4, 0.5) is 28.4 Å². The molecule has 1 aliphatic heterocycles. The zero-order valence-corrected chi connectivity index (χ0v) is 31.8. The lowest BCUT2D eigenvalue weighted by atomic mass is 9.90. The van der Waals surface area contributed by atoms with E-state index in [1.54, 1.807) is 77.9 Å². The van der Waals surface area contributed by atoms with Crippen LogP contribution >= 0.6 is 0 Å². The number of amides is 2. The number of carbonyl (C=O) groups excluding carboxylic acids is 2. The summed E-state index contributed by atoms with van der Waals surface area (Å²) in [7, 11) is 0. The lowest BCUT2D eigenvalue weighted by Gasteiger charge is -2.39. The highest BCUT2D eigenvalue weighted by atomic mass is 19.1. The maximum atomic E-state index is 14.9. The van der Waals surface area contributed by atoms with Gasteiger partial charge < -0.3 is 34.7 Å².